The van der Waals surface area contributed by atoms with E-state index in [2.05, 4.69) is 0 Å². The van der Waals surface area contributed by atoms with Gasteiger partial charge in [-0.05, 0) is 32.0 Å². The second-order valence-corrected chi connectivity index (χ2v) is 3.94. The van der Waals surface area contributed by atoms with Crippen molar-refractivity contribution in [3.05, 3.63) is 34.6 Å². The number of hydrogen-bond donors (Lipinski definition) is 1. The molecular formula is C11H14ClFO2. The van der Waals surface area contributed by atoms with E-state index in [0.717, 1.165) is 0 Å². The van der Waals surface area contributed by atoms with Gasteiger partial charge in [0.05, 0.1) is 6.61 Å². The number of rotatable bonds is 4. The quantitative estimate of drug-likeness (QED) is 0.865. The average molecular weight is 233 g/mol. The zero-order chi connectivity index (χ0) is 11.5. The molecule has 0 aliphatic carbocycles. The molecular weight excluding hydrogens is 219 g/mol. The Bertz CT molecular complexity index is 339. The van der Waals surface area contributed by atoms with Crippen molar-refractivity contribution >= 4 is 11.6 Å². The molecule has 0 radical (unpaired) electrons. The maximum Gasteiger partial charge on any atom is 0.123 e. The third kappa shape index (κ3) is 3.16. The highest BCUT2D eigenvalue weighted by Gasteiger charge is 2.26. The van der Waals surface area contributed by atoms with Gasteiger partial charge in [0.2, 0.25) is 0 Å². The van der Waals surface area contributed by atoms with E-state index in [1.807, 2.05) is 6.92 Å². The summed E-state index contributed by atoms with van der Waals surface area (Å²) in [5, 5.41) is 10.4. The maximum absolute atomic E-state index is 13.0. The molecule has 1 aromatic rings. The largest absolute Gasteiger partial charge is 0.383 e. The molecule has 1 N–H and O–H groups in total. The fourth-order valence-electron chi connectivity index (χ4n) is 1.29. The van der Waals surface area contributed by atoms with E-state index in [9.17, 15) is 9.50 Å². The van der Waals surface area contributed by atoms with Crippen molar-refractivity contribution in [2.45, 2.75) is 19.4 Å². The minimum atomic E-state index is -1.27. The lowest BCUT2D eigenvalue weighted by Crippen LogP contribution is -2.28. The lowest BCUT2D eigenvalue weighted by molar-refractivity contribution is -0.0344. The molecule has 0 saturated carbocycles. The van der Waals surface area contributed by atoms with Crippen LogP contribution in [0.4, 0.5) is 4.39 Å². The van der Waals surface area contributed by atoms with Crippen molar-refractivity contribution in [1.29, 1.82) is 0 Å². The standard InChI is InChI=1S/C11H14ClFO2/c1-3-15-7-11(2,14)9-6-8(13)4-5-10(9)12/h4-6,14H,3,7H2,1-2H3. The second-order valence-electron chi connectivity index (χ2n) is 3.54. The smallest absolute Gasteiger partial charge is 0.123 e. The Kier molecular flexibility index (Phi) is 4.08. The Morgan fingerprint density at radius 2 is 2.20 bits per heavy atom. The van der Waals surface area contributed by atoms with Crippen LogP contribution in [0.5, 0.6) is 0 Å². The molecule has 0 spiro atoms. The molecule has 84 valence electrons. The van der Waals surface area contributed by atoms with Crippen LogP contribution in [0, 0.1) is 5.82 Å². The van der Waals surface area contributed by atoms with Crippen LogP contribution in [0.1, 0.15) is 19.4 Å². The Morgan fingerprint density at radius 1 is 1.53 bits per heavy atom. The van der Waals surface area contributed by atoms with E-state index in [1.54, 1.807) is 6.92 Å². The van der Waals surface area contributed by atoms with Crippen molar-refractivity contribution < 1.29 is 14.2 Å². The van der Waals surface area contributed by atoms with E-state index in [1.165, 1.54) is 18.2 Å². The fourth-order valence-corrected chi connectivity index (χ4v) is 1.61. The number of halogens is 2. The monoisotopic (exact) mass is 232 g/mol. The van der Waals surface area contributed by atoms with E-state index in [4.69, 9.17) is 16.3 Å². The highest BCUT2D eigenvalue weighted by molar-refractivity contribution is 6.31. The molecule has 0 fully saturated rings. The summed E-state index contributed by atoms with van der Waals surface area (Å²) in [7, 11) is 0. The molecule has 0 heterocycles. The lowest BCUT2D eigenvalue weighted by atomic mass is 9.97. The van der Waals surface area contributed by atoms with Gasteiger partial charge >= 0.3 is 0 Å². The third-order valence-corrected chi connectivity index (χ3v) is 2.43. The summed E-state index contributed by atoms with van der Waals surface area (Å²) in [6, 6.07) is 3.90. The zero-order valence-corrected chi connectivity index (χ0v) is 9.51. The van der Waals surface area contributed by atoms with Crippen LogP contribution < -0.4 is 0 Å². The molecule has 0 amide bonds. The Hall–Kier alpha value is -0.640. The zero-order valence-electron chi connectivity index (χ0n) is 8.76. The molecule has 4 heteroatoms. The van der Waals surface area contributed by atoms with Gasteiger partial charge in [0.25, 0.3) is 0 Å². The molecule has 1 unspecified atom stereocenters. The summed E-state index contributed by atoms with van der Waals surface area (Å²) in [4.78, 5) is 0. The van der Waals surface area contributed by atoms with Gasteiger partial charge in [0.15, 0.2) is 0 Å². The van der Waals surface area contributed by atoms with E-state index in [-0.39, 0.29) is 6.61 Å². The predicted octanol–water partition coefficient (Wildman–Crippen LogP) is 2.72. The van der Waals surface area contributed by atoms with Crippen LogP contribution >= 0.6 is 11.6 Å². The van der Waals surface area contributed by atoms with Gasteiger partial charge < -0.3 is 9.84 Å². The van der Waals surface area contributed by atoms with Crippen molar-refractivity contribution in [1.82, 2.24) is 0 Å². The lowest BCUT2D eigenvalue weighted by Gasteiger charge is -2.24. The van der Waals surface area contributed by atoms with Crippen molar-refractivity contribution in [3.8, 4) is 0 Å². The molecule has 15 heavy (non-hydrogen) atoms. The van der Waals surface area contributed by atoms with Gasteiger partial charge in [-0.15, -0.1) is 0 Å². The van der Waals surface area contributed by atoms with E-state index < -0.39 is 11.4 Å². The maximum atomic E-state index is 13.0. The van der Waals surface area contributed by atoms with Crippen LogP contribution in [0.3, 0.4) is 0 Å². The summed E-state index contributed by atoms with van der Waals surface area (Å²) in [6.07, 6.45) is 0. The summed E-state index contributed by atoms with van der Waals surface area (Å²) in [6.45, 7) is 3.95. The van der Waals surface area contributed by atoms with E-state index in [0.29, 0.717) is 17.2 Å². The summed E-state index contributed by atoms with van der Waals surface area (Å²) < 4.78 is 18.1. The molecule has 1 atom stereocenters. The number of hydrogen-bond acceptors (Lipinski definition) is 2. The predicted molar refractivity (Wildman–Crippen MR) is 57.5 cm³/mol. The van der Waals surface area contributed by atoms with Crippen LogP contribution in [0.2, 0.25) is 5.02 Å². The van der Waals surface area contributed by atoms with Gasteiger partial charge in [-0.2, -0.15) is 0 Å². The topological polar surface area (TPSA) is 29.5 Å². The van der Waals surface area contributed by atoms with Gasteiger partial charge in [0.1, 0.15) is 11.4 Å². The molecule has 0 aromatic heterocycles. The Labute approximate surface area is 93.6 Å². The van der Waals surface area contributed by atoms with Gasteiger partial charge in [-0.1, -0.05) is 11.6 Å². The van der Waals surface area contributed by atoms with Gasteiger partial charge in [-0.3, -0.25) is 0 Å². The summed E-state index contributed by atoms with van der Waals surface area (Å²) in [5.74, 6) is -0.425. The molecule has 0 aliphatic heterocycles. The van der Waals surface area contributed by atoms with Crippen LogP contribution in [0.15, 0.2) is 18.2 Å². The first-order valence-electron chi connectivity index (χ1n) is 4.73. The van der Waals surface area contributed by atoms with Gasteiger partial charge in [-0.25, -0.2) is 4.39 Å². The third-order valence-electron chi connectivity index (χ3n) is 2.10. The number of ether oxygens (including phenoxy) is 1. The van der Waals surface area contributed by atoms with Crippen LogP contribution in [-0.2, 0) is 10.3 Å². The highest BCUT2D eigenvalue weighted by atomic mass is 35.5. The van der Waals surface area contributed by atoms with Gasteiger partial charge in [0, 0.05) is 17.2 Å². The van der Waals surface area contributed by atoms with Crippen LogP contribution in [0.25, 0.3) is 0 Å². The first-order valence-corrected chi connectivity index (χ1v) is 5.11. The Balaban J connectivity index is 2.97. The SMILES string of the molecule is CCOCC(C)(O)c1cc(F)ccc1Cl. The highest BCUT2D eigenvalue weighted by Crippen LogP contribution is 2.28. The Morgan fingerprint density at radius 3 is 2.80 bits per heavy atom. The minimum absolute atomic E-state index is 0.0900. The molecule has 1 rings (SSSR count). The molecule has 1 aromatic carbocycles. The second kappa shape index (κ2) is 4.92. The first-order chi connectivity index (χ1) is 6.97. The molecule has 2 nitrogen and oxygen atoms in total. The first kappa shape index (κ1) is 12.4. The number of benzene rings is 1. The fraction of sp³-hybridized carbons (Fsp3) is 0.455. The minimum Gasteiger partial charge on any atom is -0.383 e. The van der Waals surface area contributed by atoms with Crippen LogP contribution in [-0.4, -0.2) is 18.3 Å². The summed E-state index contributed by atoms with van der Waals surface area (Å²) in [5.41, 5.74) is -0.924. The number of aliphatic hydroxyl groups is 1. The molecule has 0 aliphatic rings. The molecule has 0 bridgehead atoms. The van der Waals surface area contributed by atoms with Crippen molar-refractivity contribution in [3.63, 3.8) is 0 Å². The molecule has 0 saturated heterocycles. The van der Waals surface area contributed by atoms with E-state index >= 15 is 0 Å². The summed E-state index contributed by atoms with van der Waals surface area (Å²) >= 11 is 5.88. The average Bonchev–Trinajstić information content (AvgIpc) is 2.18. The van der Waals surface area contributed by atoms with Crippen molar-refractivity contribution in [2.24, 2.45) is 0 Å². The van der Waals surface area contributed by atoms with Crippen molar-refractivity contribution in [2.75, 3.05) is 13.2 Å². The normalized spacial score (nSPS) is 15.0.